The van der Waals surface area contributed by atoms with E-state index in [1.807, 2.05) is 13.0 Å². The van der Waals surface area contributed by atoms with Gasteiger partial charge < -0.3 is 10.0 Å². The number of anilines is 1. The minimum Gasteiger partial charge on any atom is -0.481 e. The summed E-state index contributed by atoms with van der Waals surface area (Å²) in [7, 11) is 0. The van der Waals surface area contributed by atoms with E-state index in [-0.39, 0.29) is 24.7 Å². The first-order valence-corrected chi connectivity index (χ1v) is 11.9. The number of aryl methyl sites for hydroxylation is 1. The van der Waals surface area contributed by atoms with Gasteiger partial charge in [-0.2, -0.15) is 22.8 Å². The van der Waals surface area contributed by atoms with Gasteiger partial charge in [0.1, 0.15) is 5.82 Å². The van der Waals surface area contributed by atoms with Crippen LogP contribution < -0.4 is 4.90 Å². The van der Waals surface area contributed by atoms with Crippen LogP contribution in [-0.2, 0) is 4.79 Å². The first kappa shape index (κ1) is 23.8. The third-order valence-electron chi connectivity index (χ3n) is 7.52. The van der Waals surface area contributed by atoms with E-state index in [4.69, 9.17) is 10.1 Å². The minimum atomic E-state index is -4.13. The molecule has 1 N–H and O–H groups in total. The van der Waals surface area contributed by atoms with Crippen LogP contribution in [0.4, 0.5) is 19.0 Å². The van der Waals surface area contributed by atoms with Crippen LogP contribution in [-0.4, -0.2) is 44.9 Å². The summed E-state index contributed by atoms with van der Waals surface area (Å²) in [4.78, 5) is 18.9. The van der Waals surface area contributed by atoms with E-state index >= 15 is 0 Å². The first-order valence-electron chi connectivity index (χ1n) is 11.9. The second-order valence-corrected chi connectivity index (χ2v) is 10.4. The third-order valence-corrected chi connectivity index (χ3v) is 7.52. The maximum absolute atomic E-state index is 13.1. The lowest BCUT2D eigenvalue weighted by Gasteiger charge is -2.40. The largest absolute Gasteiger partial charge is 0.481 e. The van der Waals surface area contributed by atoms with Crippen LogP contribution in [0.2, 0.25) is 0 Å². The van der Waals surface area contributed by atoms with Gasteiger partial charge in [-0.15, -0.1) is 0 Å². The quantitative estimate of drug-likeness (QED) is 0.627. The Morgan fingerprint density at radius 2 is 1.91 bits per heavy atom. The second kappa shape index (κ2) is 8.47. The first-order chi connectivity index (χ1) is 15.4. The van der Waals surface area contributed by atoms with Crippen molar-refractivity contribution in [3.63, 3.8) is 0 Å². The van der Waals surface area contributed by atoms with E-state index in [1.54, 1.807) is 11.4 Å². The van der Waals surface area contributed by atoms with Crippen LogP contribution in [0.3, 0.4) is 0 Å². The minimum absolute atomic E-state index is 0.0217. The Hall–Kier alpha value is -2.32. The highest BCUT2D eigenvalue weighted by molar-refractivity contribution is 5.75. The fourth-order valence-electron chi connectivity index (χ4n) is 5.62. The predicted octanol–water partition coefficient (Wildman–Crippen LogP) is 5.69. The molecule has 2 fully saturated rings. The fraction of sp³-hybridized carbons (Fsp3) is 0.708. The van der Waals surface area contributed by atoms with Crippen molar-refractivity contribution in [1.29, 1.82) is 0 Å². The van der Waals surface area contributed by atoms with E-state index < -0.39 is 23.5 Å². The molecule has 0 aromatic carbocycles. The number of rotatable bonds is 4. The zero-order valence-electron chi connectivity index (χ0n) is 19.7. The van der Waals surface area contributed by atoms with Crippen LogP contribution in [0, 0.1) is 18.3 Å². The monoisotopic (exact) mass is 466 g/mol. The maximum Gasteiger partial charge on any atom is 0.391 e. The highest BCUT2D eigenvalue weighted by Gasteiger charge is 2.42. The Bertz CT molecular complexity index is 1040. The van der Waals surface area contributed by atoms with Crippen molar-refractivity contribution in [3.8, 4) is 0 Å². The average Bonchev–Trinajstić information content (AvgIpc) is 3.15. The van der Waals surface area contributed by atoms with Crippen LogP contribution in [0.1, 0.15) is 88.1 Å². The van der Waals surface area contributed by atoms with Gasteiger partial charge >= 0.3 is 12.1 Å². The normalized spacial score (nSPS) is 26.8. The molecule has 0 radical (unpaired) electrons. The summed E-state index contributed by atoms with van der Waals surface area (Å²) in [6.45, 7) is 9.03. The molecule has 3 heterocycles. The SMILES string of the molecule is Cc1nc2cc([C@H]3CC[C@H](C(F)(F)F)CC3)nn2c(N2CCC[C@@](C)(C(=O)O)C2)c1C(C)C. The molecule has 0 bridgehead atoms. The molecule has 2 aromatic rings. The zero-order valence-corrected chi connectivity index (χ0v) is 19.7. The average molecular weight is 467 g/mol. The van der Waals surface area contributed by atoms with Crippen LogP contribution >= 0.6 is 0 Å². The number of carboxylic acid groups (broad SMARTS) is 1. The molecule has 33 heavy (non-hydrogen) atoms. The number of hydrogen-bond acceptors (Lipinski definition) is 4. The lowest BCUT2D eigenvalue weighted by Crippen LogP contribution is -2.47. The molecule has 1 atom stereocenters. The highest BCUT2D eigenvalue weighted by atomic mass is 19.4. The number of carboxylic acids is 1. The molecule has 182 valence electrons. The topological polar surface area (TPSA) is 70.7 Å². The zero-order chi connectivity index (χ0) is 24.1. The number of alkyl halides is 3. The van der Waals surface area contributed by atoms with Crippen molar-refractivity contribution in [2.45, 2.75) is 84.2 Å². The van der Waals surface area contributed by atoms with Crippen molar-refractivity contribution >= 4 is 17.4 Å². The lowest BCUT2D eigenvalue weighted by atomic mass is 9.80. The van der Waals surface area contributed by atoms with E-state index in [0.717, 1.165) is 35.7 Å². The number of carbonyl (C=O) groups is 1. The van der Waals surface area contributed by atoms with Gasteiger partial charge in [0.05, 0.1) is 17.0 Å². The molecule has 6 nitrogen and oxygen atoms in total. The van der Waals surface area contributed by atoms with Crippen LogP contribution in [0.15, 0.2) is 6.07 Å². The Labute approximate surface area is 192 Å². The van der Waals surface area contributed by atoms with E-state index in [0.29, 0.717) is 31.5 Å². The molecule has 0 unspecified atom stereocenters. The van der Waals surface area contributed by atoms with Crippen LogP contribution in [0.5, 0.6) is 0 Å². The fourth-order valence-corrected chi connectivity index (χ4v) is 5.62. The molecule has 0 amide bonds. The number of aromatic nitrogens is 3. The molecule has 2 aliphatic rings. The van der Waals surface area contributed by atoms with Gasteiger partial charge in [0.2, 0.25) is 0 Å². The molecule has 2 aromatic heterocycles. The number of halogens is 3. The smallest absolute Gasteiger partial charge is 0.391 e. The lowest BCUT2D eigenvalue weighted by molar-refractivity contribution is -0.182. The highest BCUT2D eigenvalue weighted by Crippen LogP contribution is 2.43. The summed E-state index contributed by atoms with van der Waals surface area (Å²) in [6.07, 6.45) is -1.58. The molecule has 1 aliphatic heterocycles. The molecular weight excluding hydrogens is 433 g/mol. The summed E-state index contributed by atoms with van der Waals surface area (Å²) in [5, 5.41) is 14.7. The number of nitrogens with zero attached hydrogens (tertiary/aromatic N) is 4. The number of aliphatic carboxylic acids is 1. The van der Waals surface area contributed by atoms with Crippen molar-refractivity contribution in [2.24, 2.45) is 11.3 Å². The van der Waals surface area contributed by atoms with Gasteiger partial charge in [-0.3, -0.25) is 4.79 Å². The third kappa shape index (κ3) is 4.43. The Morgan fingerprint density at radius 3 is 2.48 bits per heavy atom. The second-order valence-electron chi connectivity index (χ2n) is 10.4. The van der Waals surface area contributed by atoms with Crippen molar-refractivity contribution in [1.82, 2.24) is 14.6 Å². The molecule has 4 rings (SSSR count). The summed E-state index contributed by atoms with van der Waals surface area (Å²) in [5.41, 5.74) is 2.52. The molecule has 1 aliphatic carbocycles. The standard InChI is InChI=1S/C24H33F3N4O2/c1-14(2)20-15(3)28-19-12-18(16-6-8-17(9-7-16)24(25,26)27)29-31(19)21(20)30-11-5-10-23(4,13-30)22(32)33/h12,14,16-17H,5-11,13H2,1-4H3,(H,32,33)/t16-,17-,23-/m1/s1. The molecule has 0 spiro atoms. The van der Waals surface area contributed by atoms with Gasteiger partial charge in [-0.1, -0.05) is 13.8 Å². The molecule has 9 heteroatoms. The number of piperidine rings is 1. The van der Waals surface area contributed by atoms with Crippen molar-refractivity contribution in [2.75, 3.05) is 18.0 Å². The molecule has 1 saturated carbocycles. The summed E-state index contributed by atoms with van der Waals surface area (Å²) < 4.78 is 41.1. The Kier molecular flexibility index (Phi) is 6.12. The van der Waals surface area contributed by atoms with Gasteiger partial charge in [0.25, 0.3) is 0 Å². The number of hydrogen-bond donors (Lipinski definition) is 1. The Balaban J connectivity index is 1.74. The van der Waals surface area contributed by atoms with Crippen LogP contribution in [0.25, 0.3) is 5.65 Å². The number of fused-ring (bicyclic) bond motifs is 1. The summed E-state index contributed by atoms with van der Waals surface area (Å²) in [6, 6.07) is 1.90. The Morgan fingerprint density at radius 1 is 1.24 bits per heavy atom. The predicted molar refractivity (Wildman–Crippen MR) is 120 cm³/mol. The van der Waals surface area contributed by atoms with Crippen molar-refractivity contribution in [3.05, 3.63) is 23.0 Å². The summed E-state index contributed by atoms with van der Waals surface area (Å²) in [5.74, 6) is -1.02. The van der Waals surface area contributed by atoms with Crippen molar-refractivity contribution < 1.29 is 23.1 Å². The van der Waals surface area contributed by atoms with E-state index in [2.05, 4.69) is 18.7 Å². The van der Waals surface area contributed by atoms with E-state index in [9.17, 15) is 23.1 Å². The van der Waals surface area contributed by atoms with Gasteiger partial charge in [-0.05, 0) is 58.3 Å². The van der Waals surface area contributed by atoms with Gasteiger partial charge in [0, 0.05) is 36.3 Å². The molecule has 1 saturated heterocycles. The summed E-state index contributed by atoms with van der Waals surface area (Å²) >= 11 is 0. The van der Waals surface area contributed by atoms with Gasteiger partial charge in [0.15, 0.2) is 5.65 Å². The van der Waals surface area contributed by atoms with Gasteiger partial charge in [-0.25, -0.2) is 4.98 Å². The molecular formula is C24H33F3N4O2. The van der Waals surface area contributed by atoms with E-state index in [1.165, 1.54) is 0 Å². The maximum atomic E-state index is 13.1.